The van der Waals surface area contributed by atoms with Crippen LogP contribution in [0.2, 0.25) is 0 Å². The number of carbonyl (C=O) groups is 1. The fourth-order valence-corrected chi connectivity index (χ4v) is 3.94. The van der Waals surface area contributed by atoms with Crippen molar-refractivity contribution in [2.24, 2.45) is 4.99 Å². The van der Waals surface area contributed by atoms with Gasteiger partial charge >= 0.3 is 0 Å². The molecule has 1 unspecified atom stereocenters. The van der Waals surface area contributed by atoms with Gasteiger partial charge in [0, 0.05) is 37.8 Å². The second-order valence-corrected chi connectivity index (χ2v) is 8.00. The average molecular weight is 416 g/mol. The first-order valence-electron chi connectivity index (χ1n) is 11.7. The molecule has 1 aliphatic rings. The van der Waals surface area contributed by atoms with Crippen LogP contribution in [0.1, 0.15) is 58.9 Å². The zero-order valence-electron chi connectivity index (χ0n) is 19.4. The summed E-state index contributed by atoms with van der Waals surface area (Å²) in [6, 6.07) is 8.59. The fraction of sp³-hybridized carbons (Fsp3) is 0.667. The van der Waals surface area contributed by atoms with Crippen LogP contribution >= 0.6 is 0 Å². The summed E-state index contributed by atoms with van der Waals surface area (Å²) < 4.78 is 0. The standard InChI is InChI=1S/C24H41N5O/c1-5-25-24(27-20(4)12-11-18-28(6-2)7-3)26-17-10-15-23(30)29-19-16-21-13-8-9-14-22(21)29/h8-9,13-14,20H,5-7,10-12,15-19H2,1-4H3,(H2,25,26,27). The minimum absolute atomic E-state index is 0.206. The maximum Gasteiger partial charge on any atom is 0.227 e. The molecule has 0 saturated heterocycles. The normalized spacial score (nSPS) is 14.7. The smallest absolute Gasteiger partial charge is 0.227 e. The Morgan fingerprint density at radius 2 is 1.97 bits per heavy atom. The fourth-order valence-electron chi connectivity index (χ4n) is 3.94. The van der Waals surface area contributed by atoms with Crippen molar-refractivity contribution in [3.63, 3.8) is 0 Å². The van der Waals surface area contributed by atoms with Crippen molar-refractivity contribution in [2.45, 2.75) is 65.8 Å². The van der Waals surface area contributed by atoms with Crippen LogP contribution in [0.25, 0.3) is 0 Å². The zero-order chi connectivity index (χ0) is 21.8. The number of carbonyl (C=O) groups excluding carboxylic acids is 1. The Kier molecular flexibility index (Phi) is 10.7. The van der Waals surface area contributed by atoms with Crippen molar-refractivity contribution in [3.8, 4) is 0 Å². The Labute approximate surface area is 183 Å². The highest BCUT2D eigenvalue weighted by atomic mass is 16.2. The lowest BCUT2D eigenvalue weighted by Gasteiger charge is -2.21. The Bertz CT molecular complexity index is 671. The number of hydrogen-bond donors (Lipinski definition) is 2. The van der Waals surface area contributed by atoms with E-state index >= 15 is 0 Å². The van der Waals surface area contributed by atoms with Gasteiger partial charge in [0.25, 0.3) is 0 Å². The third kappa shape index (κ3) is 7.63. The van der Waals surface area contributed by atoms with E-state index in [4.69, 9.17) is 0 Å². The molecule has 30 heavy (non-hydrogen) atoms. The number of fused-ring (bicyclic) bond motifs is 1. The van der Waals surface area contributed by atoms with Crippen molar-refractivity contribution in [2.75, 3.05) is 44.2 Å². The van der Waals surface area contributed by atoms with E-state index in [0.29, 0.717) is 19.0 Å². The largest absolute Gasteiger partial charge is 0.357 e. The van der Waals surface area contributed by atoms with Crippen molar-refractivity contribution < 1.29 is 4.79 Å². The van der Waals surface area contributed by atoms with Gasteiger partial charge in [0.05, 0.1) is 0 Å². The summed E-state index contributed by atoms with van der Waals surface area (Å²) in [7, 11) is 0. The molecule has 1 aromatic carbocycles. The minimum Gasteiger partial charge on any atom is -0.357 e. The van der Waals surface area contributed by atoms with Crippen LogP contribution in [0.15, 0.2) is 29.3 Å². The van der Waals surface area contributed by atoms with Crippen LogP contribution in [-0.4, -0.2) is 62.1 Å². The second-order valence-electron chi connectivity index (χ2n) is 8.00. The Morgan fingerprint density at radius 1 is 1.20 bits per heavy atom. The first-order chi connectivity index (χ1) is 14.6. The van der Waals surface area contributed by atoms with Gasteiger partial charge in [-0.2, -0.15) is 0 Å². The summed E-state index contributed by atoms with van der Waals surface area (Å²) in [5.74, 6) is 1.06. The molecule has 1 atom stereocenters. The van der Waals surface area contributed by atoms with Gasteiger partial charge in [0.15, 0.2) is 5.96 Å². The zero-order valence-corrected chi connectivity index (χ0v) is 19.4. The van der Waals surface area contributed by atoms with Crippen LogP contribution in [0.5, 0.6) is 0 Å². The molecule has 6 heteroatoms. The molecular weight excluding hydrogens is 374 g/mol. The molecule has 0 radical (unpaired) electrons. The Morgan fingerprint density at radius 3 is 2.70 bits per heavy atom. The molecule has 2 rings (SSSR count). The molecule has 0 spiro atoms. The molecular formula is C24H41N5O. The topological polar surface area (TPSA) is 60.0 Å². The van der Waals surface area contributed by atoms with Gasteiger partial charge in [0.1, 0.15) is 0 Å². The number of hydrogen-bond acceptors (Lipinski definition) is 3. The lowest BCUT2D eigenvalue weighted by molar-refractivity contribution is -0.118. The lowest BCUT2D eigenvalue weighted by Crippen LogP contribution is -2.42. The SMILES string of the molecule is CCNC(=NCCCC(=O)N1CCc2ccccc21)NC(C)CCCN(CC)CC. The molecule has 1 amide bonds. The van der Waals surface area contributed by atoms with Gasteiger partial charge in [-0.3, -0.25) is 9.79 Å². The van der Waals surface area contributed by atoms with E-state index in [0.717, 1.165) is 63.6 Å². The van der Waals surface area contributed by atoms with Crippen LogP contribution in [0.4, 0.5) is 5.69 Å². The monoisotopic (exact) mass is 415 g/mol. The molecule has 0 bridgehead atoms. The maximum atomic E-state index is 12.6. The van der Waals surface area contributed by atoms with Gasteiger partial charge in [-0.05, 0) is 70.8 Å². The van der Waals surface area contributed by atoms with Gasteiger partial charge in [-0.1, -0.05) is 32.0 Å². The number of nitrogens with one attached hydrogen (secondary N) is 2. The van der Waals surface area contributed by atoms with Crippen LogP contribution in [0.3, 0.4) is 0 Å². The van der Waals surface area contributed by atoms with Gasteiger partial charge in [-0.15, -0.1) is 0 Å². The number of rotatable bonds is 12. The first kappa shape index (κ1) is 24.2. The lowest BCUT2D eigenvalue weighted by atomic mass is 10.2. The van der Waals surface area contributed by atoms with E-state index in [-0.39, 0.29) is 5.91 Å². The van der Waals surface area contributed by atoms with Gasteiger partial charge < -0.3 is 20.4 Å². The number of anilines is 1. The molecule has 2 N–H and O–H groups in total. The Hall–Kier alpha value is -2.08. The van der Waals surface area contributed by atoms with Crippen molar-refractivity contribution in [1.82, 2.24) is 15.5 Å². The highest BCUT2D eigenvalue weighted by Gasteiger charge is 2.23. The van der Waals surface area contributed by atoms with Crippen molar-refractivity contribution in [3.05, 3.63) is 29.8 Å². The Balaban J connectivity index is 1.73. The molecule has 0 saturated carbocycles. The van der Waals surface area contributed by atoms with Gasteiger partial charge in [-0.25, -0.2) is 0 Å². The van der Waals surface area contributed by atoms with Crippen LogP contribution in [0, 0.1) is 0 Å². The summed E-state index contributed by atoms with van der Waals surface area (Å²) in [4.78, 5) is 21.7. The minimum atomic E-state index is 0.206. The summed E-state index contributed by atoms with van der Waals surface area (Å²) in [6.07, 6.45) is 4.57. The van der Waals surface area contributed by atoms with E-state index in [9.17, 15) is 4.79 Å². The molecule has 1 aliphatic heterocycles. The molecule has 0 aliphatic carbocycles. The number of guanidine groups is 1. The second kappa shape index (κ2) is 13.3. The highest BCUT2D eigenvalue weighted by Crippen LogP contribution is 2.27. The van der Waals surface area contributed by atoms with E-state index in [1.54, 1.807) is 0 Å². The summed E-state index contributed by atoms with van der Waals surface area (Å²) >= 11 is 0. The maximum absolute atomic E-state index is 12.6. The number of amides is 1. The van der Waals surface area contributed by atoms with E-state index in [1.165, 1.54) is 12.0 Å². The van der Waals surface area contributed by atoms with Crippen molar-refractivity contribution in [1.29, 1.82) is 0 Å². The van der Waals surface area contributed by atoms with Gasteiger partial charge in [0.2, 0.25) is 5.91 Å². The van der Waals surface area contributed by atoms with E-state index in [2.05, 4.69) is 54.3 Å². The van der Waals surface area contributed by atoms with Crippen LogP contribution < -0.4 is 15.5 Å². The van der Waals surface area contributed by atoms with Crippen molar-refractivity contribution >= 4 is 17.6 Å². The molecule has 0 aromatic heterocycles. The highest BCUT2D eigenvalue weighted by molar-refractivity contribution is 5.95. The molecule has 168 valence electrons. The van der Waals surface area contributed by atoms with E-state index in [1.807, 2.05) is 23.1 Å². The summed E-state index contributed by atoms with van der Waals surface area (Å²) in [5, 5.41) is 6.83. The molecule has 6 nitrogen and oxygen atoms in total. The third-order valence-corrected chi connectivity index (χ3v) is 5.74. The summed E-state index contributed by atoms with van der Waals surface area (Å²) in [5.41, 5.74) is 2.36. The first-order valence-corrected chi connectivity index (χ1v) is 11.7. The summed E-state index contributed by atoms with van der Waals surface area (Å²) in [6.45, 7) is 14.4. The third-order valence-electron chi connectivity index (χ3n) is 5.74. The number of benzene rings is 1. The predicted octanol–water partition coefficient (Wildman–Crippen LogP) is 3.42. The number of aliphatic imine (C=N–C) groups is 1. The predicted molar refractivity (Wildman–Crippen MR) is 127 cm³/mol. The molecule has 1 aromatic rings. The number of para-hydroxylation sites is 1. The number of nitrogens with zero attached hydrogens (tertiary/aromatic N) is 3. The van der Waals surface area contributed by atoms with E-state index < -0.39 is 0 Å². The molecule has 1 heterocycles. The van der Waals surface area contributed by atoms with Crippen LogP contribution in [-0.2, 0) is 11.2 Å². The quantitative estimate of drug-likeness (QED) is 0.312. The average Bonchev–Trinajstić information content (AvgIpc) is 3.18. The molecule has 0 fully saturated rings.